The minimum Gasteiger partial charge on any atom is -0.444 e. The summed E-state index contributed by atoms with van der Waals surface area (Å²) < 4.78 is 81.1. The number of nitrogens with zero attached hydrogens (tertiary/aromatic N) is 3. The molecule has 1 aliphatic heterocycles. The van der Waals surface area contributed by atoms with Gasteiger partial charge < -0.3 is 19.0 Å². The number of amides is 1. The fourth-order valence-electron chi connectivity index (χ4n) is 4.14. The predicted molar refractivity (Wildman–Crippen MR) is 140 cm³/mol. The molecule has 14 heteroatoms. The number of aromatic nitrogens is 3. The summed E-state index contributed by atoms with van der Waals surface area (Å²) in [6.07, 6.45) is 4.37. The summed E-state index contributed by atoms with van der Waals surface area (Å²) in [4.78, 5) is 16.3. The lowest BCUT2D eigenvalue weighted by molar-refractivity contribution is -0.0499. The zero-order valence-corrected chi connectivity index (χ0v) is 23.3. The lowest BCUT2D eigenvalue weighted by Crippen LogP contribution is -2.34. The average molecular weight is 585 g/mol. The molecular weight excluding hydrogens is 553 g/mol. The molecular formula is C26H31F3N4O6S. The molecule has 1 aromatic carbocycles. The molecule has 1 amide bonds. The fourth-order valence-corrected chi connectivity index (χ4v) is 4.63. The Balaban J connectivity index is 1.65. The molecule has 4 rings (SSSR count). The maximum atomic E-state index is 13.3. The number of ether oxygens (including phenoxy) is 2. The van der Waals surface area contributed by atoms with Crippen molar-refractivity contribution in [1.82, 2.24) is 20.1 Å². The van der Waals surface area contributed by atoms with Crippen LogP contribution in [0.15, 0.2) is 36.7 Å². The van der Waals surface area contributed by atoms with Crippen molar-refractivity contribution in [1.29, 1.82) is 0 Å². The van der Waals surface area contributed by atoms with Gasteiger partial charge in [0, 0.05) is 37.0 Å². The Morgan fingerprint density at radius 2 is 1.95 bits per heavy atom. The first-order valence-corrected chi connectivity index (χ1v) is 14.1. The van der Waals surface area contributed by atoms with E-state index < -0.39 is 39.3 Å². The van der Waals surface area contributed by atoms with Gasteiger partial charge in [0.15, 0.2) is 5.75 Å². The molecule has 1 aliphatic rings. The van der Waals surface area contributed by atoms with Crippen LogP contribution in [-0.2, 0) is 19.6 Å². The smallest absolute Gasteiger partial charge is 0.444 e. The van der Waals surface area contributed by atoms with Crippen molar-refractivity contribution < 1.29 is 40.0 Å². The SMILES string of the molecule is CC(CNC(=O)OC(C)(C)C)c1ccc(-c2ccc3nn(C4CCCCO4)cc3c2OS(=O)(=O)C(F)(F)F)nc1. The molecule has 2 aromatic heterocycles. The van der Waals surface area contributed by atoms with Gasteiger partial charge in [0.05, 0.1) is 16.6 Å². The van der Waals surface area contributed by atoms with Gasteiger partial charge in [0.2, 0.25) is 0 Å². The van der Waals surface area contributed by atoms with Crippen LogP contribution in [0.3, 0.4) is 0 Å². The molecule has 0 saturated carbocycles. The topological polar surface area (TPSA) is 122 Å². The maximum absolute atomic E-state index is 13.3. The summed E-state index contributed by atoms with van der Waals surface area (Å²) in [6.45, 7) is 7.88. The molecule has 1 saturated heterocycles. The van der Waals surface area contributed by atoms with Gasteiger partial charge in [-0.2, -0.15) is 26.7 Å². The van der Waals surface area contributed by atoms with Crippen molar-refractivity contribution >= 4 is 27.1 Å². The zero-order valence-electron chi connectivity index (χ0n) is 22.5. The highest BCUT2D eigenvalue weighted by molar-refractivity contribution is 7.88. The lowest BCUT2D eigenvalue weighted by Gasteiger charge is -2.22. The molecule has 3 aromatic rings. The van der Waals surface area contributed by atoms with Gasteiger partial charge in [-0.3, -0.25) is 4.98 Å². The third-order valence-corrected chi connectivity index (χ3v) is 7.12. The Morgan fingerprint density at radius 3 is 2.55 bits per heavy atom. The molecule has 1 N–H and O–H groups in total. The van der Waals surface area contributed by atoms with Crippen molar-refractivity contribution in [2.24, 2.45) is 0 Å². The Bertz CT molecular complexity index is 1460. The second-order valence-electron chi connectivity index (χ2n) is 10.5. The number of benzene rings is 1. The van der Waals surface area contributed by atoms with Gasteiger partial charge >= 0.3 is 21.7 Å². The monoisotopic (exact) mass is 584 g/mol. The standard InChI is InChI=1S/C26H31F3N4O6S/c1-16(13-31-24(34)38-25(2,3)4)17-8-10-20(30-14-17)18-9-11-21-19(23(18)39-40(35,36)26(27,28)29)15-33(32-21)22-7-5-6-12-37-22/h8-11,14-16,22H,5-7,12-13H2,1-4H3,(H,31,34). The summed E-state index contributed by atoms with van der Waals surface area (Å²) in [5.74, 6) is -0.705. The van der Waals surface area contributed by atoms with E-state index in [0.29, 0.717) is 13.0 Å². The molecule has 3 heterocycles. The number of carbonyl (C=O) groups excluding carboxylic acids is 1. The quantitative estimate of drug-likeness (QED) is 0.279. The van der Waals surface area contributed by atoms with Gasteiger partial charge in [0.25, 0.3) is 0 Å². The van der Waals surface area contributed by atoms with Crippen LogP contribution in [0.25, 0.3) is 22.2 Å². The highest BCUT2D eigenvalue weighted by Gasteiger charge is 2.49. The molecule has 2 atom stereocenters. The minimum absolute atomic E-state index is 0.0375. The summed E-state index contributed by atoms with van der Waals surface area (Å²) in [5.41, 5.74) is -5.08. The third kappa shape index (κ3) is 6.84. The normalized spacial score (nSPS) is 17.4. The van der Waals surface area contributed by atoms with E-state index in [1.54, 1.807) is 39.0 Å². The van der Waals surface area contributed by atoms with Crippen LogP contribution in [0, 0.1) is 0 Å². The van der Waals surface area contributed by atoms with E-state index in [0.717, 1.165) is 18.4 Å². The summed E-state index contributed by atoms with van der Waals surface area (Å²) in [6, 6.07) is 6.20. The molecule has 0 radical (unpaired) electrons. The first-order chi connectivity index (χ1) is 18.6. The van der Waals surface area contributed by atoms with Gasteiger partial charge in [-0.1, -0.05) is 13.0 Å². The number of carbonyl (C=O) groups is 1. The van der Waals surface area contributed by atoms with E-state index in [1.165, 1.54) is 23.1 Å². The van der Waals surface area contributed by atoms with E-state index >= 15 is 0 Å². The number of fused-ring (bicyclic) bond motifs is 1. The van der Waals surface area contributed by atoms with E-state index in [9.17, 15) is 26.4 Å². The molecule has 1 fully saturated rings. The number of halogens is 3. The van der Waals surface area contributed by atoms with Crippen molar-refractivity contribution in [3.05, 3.63) is 42.2 Å². The highest BCUT2D eigenvalue weighted by Crippen LogP contribution is 2.40. The zero-order chi connectivity index (χ0) is 29.3. The van der Waals surface area contributed by atoms with Crippen LogP contribution in [0.1, 0.15) is 64.7 Å². The van der Waals surface area contributed by atoms with Gasteiger partial charge in [-0.15, -0.1) is 0 Å². The molecule has 0 spiro atoms. The number of hydrogen-bond donors (Lipinski definition) is 1. The van der Waals surface area contributed by atoms with Crippen LogP contribution in [0.2, 0.25) is 0 Å². The van der Waals surface area contributed by atoms with Crippen LogP contribution in [-0.4, -0.2) is 53.5 Å². The number of pyridine rings is 1. The van der Waals surface area contributed by atoms with Gasteiger partial charge in [0.1, 0.15) is 11.8 Å². The first-order valence-electron chi connectivity index (χ1n) is 12.7. The highest BCUT2D eigenvalue weighted by atomic mass is 32.2. The van der Waals surface area contributed by atoms with Crippen LogP contribution in [0.5, 0.6) is 5.75 Å². The van der Waals surface area contributed by atoms with E-state index in [4.69, 9.17) is 13.7 Å². The number of alkyl halides is 3. The second-order valence-corrected chi connectivity index (χ2v) is 12.1. The molecule has 40 heavy (non-hydrogen) atoms. The largest absolute Gasteiger partial charge is 0.534 e. The number of alkyl carbamates (subject to hydrolysis) is 1. The lowest BCUT2D eigenvalue weighted by atomic mass is 10.0. The number of rotatable bonds is 7. The van der Waals surface area contributed by atoms with Gasteiger partial charge in [-0.25, -0.2) is 9.48 Å². The number of hydrogen-bond acceptors (Lipinski definition) is 8. The minimum atomic E-state index is -5.99. The van der Waals surface area contributed by atoms with Gasteiger partial charge in [-0.05, 0) is 63.8 Å². The molecule has 0 bridgehead atoms. The molecule has 0 aliphatic carbocycles. The van der Waals surface area contributed by atoms with E-state index in [-0.39, 0.29) is 34.6 Å². The van der Waals surface area contributed by atoms with Crippen LogP contribution in [0.4, 0.5) is 18.0 Å². The predicted octanol–water partition coefficient (Wildman–Crippen LogP) is 5.65. The Kier molecular flexibility index (Phi) is 8.31. The Labute approximate surface area is 229 Å². The Morgan fingerprint density at radius 1 is 1.20 bits per heavy atom. The van der Waals surface area contributed by atoms with Crippen molar-refractivity contribution in [2.75, 3.05) is 13.2 Å². The summed E-state index contributed by atoms with van der Waals surface area (Å²) in [7, 11) is -5.99. The Hall–Kier alpha value is -3.39. The average Bonchev–Trinajstić information content (AvgIpc) is 3.31. The molecule has 218 valence electrons. The fraction of sp³-hybridized carbons (Fsp3) is 0.500. The number of nitrogens with one attached hydrogen (secondary N) is 1. The summed E-state index contributed by atoms with van der Waals surface area (Å²) >= 11 is 0. The van der Waals surface area contributed by atoms with E-state index in [1.807, 2.05) is 6.92 Å². The van der Waals surface area contributed by atoms with Crippen LogP contribution < -0.4 is 9.50 Å². The van der Waals surface area contributed by atoms with Crippen LogP contribution >= 0.6 is 0 Å². The molecule has 2 unspecified atom stereocenters. The third-order valence-electron chi connectivity index (χ3n) is 6.17. The van der Waals surface area contributed by atoms with Crippen molar-refractivity contribution in [3.8, 4) is 17.0 Å². The van der Waals surface area contributed by atoms with Crippen molar-refractivity contribution in [2.45, 2.75) is 70.2 Å². The van der Waals surface area contributed by atoms with Crippen molar-refractivity contribution in [3.63, 3.8) is 0 Å². The van der Waals surface area contributed by atoms with E-state index in [2.05, 4.69) is 15.4 Å². The first kappa shape index (κ1) is 29.6. The summed E-state index contributed by atoms with van der Waals surface area (Å²) in [5, 5.41) is 7.14. The second kappa shape index (κ2) is 11.2. The maximum Gasteiger partial charge on any atom is 0.534 e. The molecule has 10 nitrogen and oxygen atoms in total.